The summed E-state index contributed by atoms with van der Waals surface area (Å²) in [5.74, 6) is 0.256. The minimum atomic E-state index is -0.634. The molecule has 0 atom stereocenters. The molecule has 1 aromatic heterocycles. The zero-order valence-corrected chi connectivity index (χ0v) is 11.4. The zero-order chi connectivity index (χ0) is 15.1. The van der Waals surface area contributed by atoms with Crippen molar-refractivity contribution < 1.29 is 23.6 Å². The highest BCUT2D eigenvalue weighted by Crippen LogP contribution is 2.08. The van der Waals surface area contributed by atoms with Crippen LogP contribution in [0.1, 0.15) is 5.76 Å². The molecule has 0 radical (unpaired) electrons. The van der Waals surface area contributed by atoms with Crippen LogP contribution in [0, 0.1) is 6.92 Å². The predicted molar refractivity (Wildman–Crippen MR) is 72.8 cm³/mol. The Labute approximate surface area is 120 Å². The number of hydrogen-bond donors (Lipinski definition) is 1. The van der Waals surface area contributed by atoms with Gasteiger partial charge in [-0.3, -0.25) is 4.79 Å². The van der Waals surface area contributed by atoms with Crippen LogP contribution in [0.3, 0.4) is 0 Å². The Morgan fingerprint density at radius 3 is 2.67 bits per heavy atom. The van der Waals surface area contributed by atoms with Crippen molar-refractivity contribution >= 4 is 17.7 Å². The van der Waals surface area contributed by atoms with Gasteiger partial charge in [0.15, 0.2) is 19.0 Å². The fraction of sp³-hybridized carbons (Fsp3) is 0.214. The first-order valence-corrected chi connectivity index (χ1v) is 6.20. The van der Waals surface area contributed by atoms with Crippen molar-refractivity contribution in [2.75, 3.05) is 18.5 Å². The van der Waals surface area contributed by atoms with Crippen LogP contribution in [0.2, 0.25) is 0 Å². The van der Waals surface area contributed by atoms with E-state index in [1.807, 2.05) is 6.07 Å². The average molecular weight is 290 g/mol. The van der Waals surface area contributed by atoms with Crippen molar-refractivity contribution in [3.05, 3.63) is 42.2 Å². The van der Waals surface area contributed by atoms with E-state index < -0.39 is 18.5 Å². The minimum Gasteiger partial charge on any atom is -0.482 e. The minimum absolute atomic E-state index is 0.264. The maximum absolute atomic E-state index is 11.5. The van der Waals surface area contributed by atoms with E-state index in [1.54, 1.807) is 37.3 Å². The van der Waals surface area contributed by atoms with Crippen molar-refractivity contribution in [1.29, 1.82) is 0 Å². The molecule has 1 amide bonds. The second kappa shape index (κ2) is 7.09. The number of carbonyl (C=O) groups is 2. The molecule has 0 bridgehead atoms. The Kier molecular flexibility index (Phi) is 4.92. The number of ether oxygens (including phenoxy) is 2. The molecule has 21 heavy (non-hydrogen) atoms. The number of anilines is 1. The number of amides is 1. The highest BCUT2D eigenvalue weighted by atomic mass is 16.6. The molecule has 0 spiro atoms. The molecule has 0 fully saturated rings. The first-order chi connectivity index (χ1) is 10.1. The van der Waals surface area contributed by atoms with Gasteiger partial charge in [-0.15, -0.1) is 0 Å². The van der Waals surface area contributed by atoms with E-state index in [9.17, 15) is 9.59 Å². The lowest BCUT2D eigenvalue weighted by atomic mass is 10.3. The number of nitrogens with zero attached hydrogens (tertiary/aromatic N) is 1. The van der Waals surface area contributed by atoms with Crippen LogP contribution in [0.4, 0.5) is 5.82 Å². The van der Waals surface area contributed by atoms with Gasteiger partial charge < -0.3 is 19.3 Å². The molecular formula is C14H14N2O5. The maximum atomic E-state index is 11.5. The summed E-state index contributed by atoms with van der Waals surface area (Å²) in [6.07, 6.45) is 0. The number of aromatic nitrogens is 1. The molecule has 0 saturated heterocycles. The third-order valence-electron chi connectivity index (χ3n) is 2.36. The second-order valence-corrected chi connectivity index (χ2v) is 4.13. The molecule has 0 aliphatic rings. The summed E-state index contributed by atoms with van der Waals surface area (Å²) in [5, 5.41) is 6.02. The number of aryl methyl sites for hydroxylation is 1. The molecule has 0 aliphatic carbocycles. The van der Waals surface area contributed by atoms with Crippen LogP contribution in [0.15, 0.2) is 40.9 Å². The summed E-state index contributed by atoms with van der Waals surface area (Å²) in [4.78, 5) is 22.9. The Bertz CT molecular complexity index is 609. The standard InChI is InChI=1S/C14H14N2O5/c1-10-7-12(16-21-10)15-13(17)8-20-14(18)9-19-11-5-3-2-4-6-11/h2-7H,8-9H2,1H3,(H,15,16,17). The highest BCUT2D eigenvalue weighted by molar-refractivity contribution is 5.91. The van der Waals surface area contributed by atoms with E-state index in [2.05, 4.69) is 10.5 Å². The molecule has 0 unspecified atom stereocenters. The van der Waals surface area contributed by atoms with Gasteiger partial charge in [-0.05, 0) is 19.1 Å². The third kappa shape index (κ3) is 4.98. The topological polar surface area (TPSA) is 90.7 Å². The molecule has 1 heterocycles. The Hall–Kier alpha value is -2.83. The Balaban J connectivity index is 1.67. The van der Waals surface area contributed by atoms with Gasteiger partial charge in [0.05, 0.1) is 0 Å². The molecule has 7 nitrogen and oxygen atoms in total. The van der Waals surface area contributed by atoms with E-state index in [-0.39, 0.29) is 12.4 Å². The number of nitrogens with one attached hydrogen (secondary N) is 1. The summed E-state index contributed by atoms with van der Waals surface area (Å²) in [6.45, 7) is 1.02. The van der Waals surface area contributed by atoms with Crippen molar-refractivity contribution in [2.24, 2.45) is 0 Å². The van der Waals surface area contributed by atoms with E-state index >= 15 is 0 Å². The maximum Gasteiger partial charge on any atom is 0.344 e. The SMILES string of the molecule is Cc1cc(NC(=O)COC(=O)COc2ccccc2)no1. The number of para-hydroxylation sites is 1. The van der Waals surface area contributed by atoms with Crippen molar-refractivity contribution in [2.45, 2.75) is 6.92 Å². The Morgan fingerprint density at radius 1 is 1.24 bits per heavy atom. The summed E-state index contributed by atoms with van der Waals surface area (Å²) < 4.78 is 14.7. The fourth-order valence-corrected chi connectivity index (χ4v) is 1.45. The van der Waals surface area contributed by atoms with Gasteiger partial charge in [-0.1, -0.05) is 23.4 Å². The van der Waals surface area contributed by atoms with Gasteiger partial charge >= 0.3 is 5.97 Å². The van der Waals surface area contributed by atoms with E-state index in [4.69, 9.17) is 14.0 Å². The predicted octanol–water partition coefficient (Wildman–Crippen LogP) is 1.54. The van der Waals surface area contributed by atoms with Crippen molar-refractivity contribution in [3.8, 4) is 5.75 Å². The summed E-state index contributed by atoms with van der Waals surface area (Å²) in [6, 6.07) is 10.4. The highest BCUT2D eigenvalue weighted by Gasteiger charge is 2.10. The van der Waals surface area contributed by atoms with Crippen molar-refractivity contribution in [3.63, 3.8) is 0 Å². The van der Waals surface area contributed by atoms with Crippen LogP contribution in [-0.2, 0) is 14.3 Å². The van der Waals surface area contributed by atoms with Crippen LogP contribution < -0.4 is 10.1 Å². The fourth-order valence-electron chi connectivity index (χ4n) is 1.45. The molecular weight excluding hydrogens is 276 g/mol. The van der Waals surface area contributed by atoms with Crippen LogP contribution in [0.5, 0.6) is 5.75 Å². The van der Waals surface area contributed by atoms with Gasteiger partial charge in [0.1, 0.15) is 11.5 Å². The normalized spacial score (nSPS) is 9.95. The smallest absolute Gasteiger partial charge is 0.344 e. The lowest BCUT2D eigenvalue weighted by Crippen LogP contribution is -2.23. The molecule has 7 heteroatoms. The molecule has 2 rings (SSSR count). The Morgan fingerprint density at radius 2 is 2.00 bits per heavy atom. The lowest BCUT2D eigenvalue weighted by Gasteiger charge is -2.06. The summed E-state index contributed by atoms with van der Waals surface area (Å²) >= 11 is 0. The zero-order valence-electron chi connectivity index (χ0n) is 11.4. The van der Waals surface area contributed by atoms with Gasteiger partial charge in [0.25, 0.3) is 5.91 Å². The molecule has 1 aromatic carbocycles. The van der Waals surface area contributed by atoms with Crippen LogP contribution >= 0.6 is 0 Å². The molecule has 0 saturated carbocycles. The second-order valence-electron chi connectivity index (χ2n) is 4.13. The van der Waals surface area contributed by atoms with Gasteiger partial charge in [0.2, 0.25) is 0 Å². The van der Waals surface area contributed by atoms with Crippen LogP contribution in [0.25, 0.3) is 0 Å². The summed E-state index contributed by atoms with van der Waals surface area (Å²) in [5.41, 5.74) is 0. The number of esters is 1. The van der Waals surface area contributed by atoms with Crippen molar-refractivity contribution in [1.82, 2.24) is 5.16 Å². The number of carbonyl (C=O) groups excluding carboxylic acids is 2. The van der Waals surface area contributed by atoms with E-state index in [0.717, 1.165) is 0 Å². The number of hydrogen-bond acceptors (Lipinski definition) is 6. The van der Waals surface area contributed by atoms with Gasteiger partial charge in [-0.2, -0.15) is 0 Å². The largest absolute Gasteiger partial charge is 0.482 e. The molecule has 0 aliphatic heterocycles. The first kappa shape index (κ1) is 14.6. The lowest BCUT2D eigenvalue weighted by molar-refractivity contribution is -0.149. The summed E-state index contributed by atoms with van der Waals surface area (Å²) in [7, 11) is 0. The van der Waals surface area contributed by atoms with Gasteiger partial charge in [-0.25, -0.2) is 4.79 Å². The molecule has 2 aromatic rings. The quantitative estimate of drug-likeness (QED) is 0.812. The number of benzene rings is 1. The average Bonchev–Trinajstić information content (AvgIpc) is 2.89. The first-order valence-electron chi connectivity index (χ1n) is 6.20. The van der Waals surface area contributed by atoms with Gasteiger partial charge in [0, 0.05) is 6.07 Å². The van der Waals surface area contributed by atoms with E-state index in [0.29, 0.717) is 11.5 Å². The molecule has 1 N–H and O–H groups in total. The number of rotatable bonds is 6. The molecule has 110 valence electrons. The third-order valence-corrected chi connectivity index (χ3v) is 2.36. The van der Waals surface area contributed by atoms with E-state index in [1.165, 1.54) is 0 Å². The monoisotopic (exact) mass is 290 g/mol. The van der Waals surface area contributed by atoms with Crippen LogP contribution in [-0.4, -0.2) is 30.2 Å².